The summed E-state index contributed by atoms with van der Waals surface area (Å²) in [5.41, 5.74) is 0. The van der Waals surface area contributed by atoms with Crippen LogP contribution in [0.4, 0.5) is 0 Å². The monoisotopic (exact) mass is 417 g/mol. The van der Waals surface area contributed by atoms with Crippen molar-refractivity contribution in [3.05, 3.63) is 12.3 Å². The van der Waals surface area contributed by atoms with Gasteiger partial charge in [-0.3, -0.25) is 4.79 Å². The Morgan fingerprint density at radius 2 is 1.21 bits per heavy atom. The average Bonchev–Trinajstić information content (AvgIpc) is 2.71. The molecule has 8 heteroatoms. The first-order valence-electron chi connectivity index (χ1n) is 10.7. The predicted molar refractivity (Wildman–Crippen MR) is 110 cm³/mol. The number of aliphatic hydroxyl groups is 4. The number of aliphatic carboxylic acids is 1. The molecule has 1 amide bonds. The predicted octanol–water partition coefficient (Wildman–Crippen LogP) is 1.85. The number of aliphatic hydroxyl groups excluding tert-OH is 4. The standard InChI is InChI=1S/C21H39NO7/c1-2-3-4-5-6-7-8-9-10-11-12-13-14-15-22-20(27)18(25)16(23)17(24)19(26)21(28)29/h14-19,23-26H,2-13H2,1H3,(H,22,27)(H,28,29)/t16-,17-,18+,19-/m1/s1. The first kappa shape index (κ1) is 27.5. The van der Waals surface area contributed by atoms with E-state index in [1.165, 1.54) is 64.0 Å². The minimum Gasteiger partial charge on any atom is -0.479 e. The van der Waals surface area contributed by atoms with Crippen molar-refractivity contribution >= 4 is 11.9 Å². The maximum Gasteiger partial charge on any atom is 0.335 e. The van der Waals surface area contributed by atoms with E-state index >= 15 is 0 Å². The van der Waals surface area contributed by atoms with Crippen molar-refractivity contribution in [1.82, 2.24) is 5.32 Å². The van der Waals surface area contributed by atoms with Gasteiger partial charge >= 0.3 is 5.97 Å². The van der Waals surface area contributed by atoms with Crippen molar-refractivity contribution in [2.45, 2.75) is 108 Å². The van der Waals surface area contributed by atoms with E-state index in [1.807, 2.05) is 0 Å². The summed E-state index contributed by atoms with van der Waals surface area (Å²) in [5, 5.41) is 48.6. The zero-order chi connectivity index (χ0) is 22.1. The van der Waals surface area contributed by atoms with Crippen molar-refractivity contribution in [2.75, 3.05) is 0 Å². The molecular formula is C21H39NO7. The lowest BCUT2D eigenvalue weighted by atomic mass is 10.0. The molecule has 6 N–H and O–H groups in total. The van der Waals surface area contributed by atoms with E-state index in [4.69, 9.17) is 10.2 Å². The molecule has 0 aliphatic heterocycles. The SMILES string of the molecule is CCCCCCCCCCCCCC=CNC(=O)[C@@H](O)[C@H](O)[C@@H](O)[C@@H](O)C(=O)O. The first-order valence-corrected chi connectivity index (χ1v) is 10.7. The lowest BCUT2D eigenvalue weighted by Crippen LogP contribution is -2.52. The molecule has 0 aromatic rings. The van der Waals surface area contributed by atoms with Crippen molar-refractivity contribution < 1.29 is 35.1 Å². The highest BCUT2D eigenvalue weighted by molar-refractivity contribution is 5.82. The lowest BCUT2D eigenvalue weighted by molar-refractivity contribution is -0.166. The summed E-state index contributed by atoms with van der Waals surface area (Å²) < 4.78 is 0. The molecule has 0 rings (SSSR count). The van der Waals surface area contributed by atoms with Crippen LogP contribution in [0.3, 0.4) is 0 Å². The number of carboxylic acids is 1. The molecule has 0 aliphatic carbocycles. The molecule has 0 aromatic carbocycles. The Labute approximate surface area is 173 Å². The quantitative estimate of drug-likeness (QED) is 0.186. The number of hydrogen-bond acceptors (Lipinski definition) is 6. The maximum absolute atomic E-state index is 11.7. The van der Waals surface area contributed by atoms with E-state index in [1.54, 1.807) is 6.08 Å². The number of carboxylic acid groups (broad SMARTS) is 1. The van der Waals surface area contributed by atoms with Crippen LogP contribution in [0.25, 0.3) is 0 Å². The number of unbranched alkanes of at least 4 members (excludes halogenated alkanes) is 11. The van der Waals surface area contributed by atoms with Gasteiger partial charge in [0, 0.05) is 0 Å². The van der Waals surface area contributed by atoms with E-state index in [0.717, 1.165) is 19.3 Å². The summed E-state index contributed by atoms with van der Waals surface area (Å²) in [4.78, 5) is 22.2. The fourth-order valence-corrected chi connectivity index (χ4v) is 2.91. The second-order valence-electron chi connectivity index (χ2n) is 7.44. The second-order valence-corrected chi connectivity index (χ2v) is 7.44. The van der Waals surface area contributed by atoms with Gasteiger partial charge in [0.15, 0.2) is 12.2 Å². The van der Waals surface area contributed by atoms with Crippen LogP contribution in [-0.4, -0.2) is 61.8 Å². The van der Waals surface area contributed by atoms with E-state index in [-0.39, 0.29) is 0 Å². The Morgan fingerprint density at radius 3 is 1.69 bits per heavy atom. The third-order valence-corrected chi connectivity index (χ3v) is 4.84. The minimum absolute atomic E-state index is 0.760. The highest BCUT2D eigenvalue weighted by atomic mass is 16.4. The normalized spacial score (nSPS) is 15.8. The largest absolute Gasteiger partial charge is 0.479 e. The third kappa shape index (κ3) is 13.4. The summed E-state index contributed by atoms with van der Waals surface area (Å²) in [6, 6.07) is 0. The highest BCUT2D eigenvalue weighted by Crippen LogP contribution is 2.12. The summed E-state index contributed by atoms with van der Waals surface area (Å²) in [6.07, 6.45) is 8.89. The lowest BCUT2D eigenvalue weighted by Gasteiger charge is -2.23. The number of hydrogen-bond donors (Lipinski definition) is 6. The topological polar surface area (TPSA) is 147 Å². The van der Waals surface area contributed by atoms with Gasteiger partial charge in [-0.15, -0.1) is 0 Å². The van der Waals surface area contributed by atoms with Crippen molar-refractivity contribution in [3.8, 4) is 0 Å². The Kier molecular flexibility index (Phi) is 16.5. The zero-order valence-corrected chi connectivity index (χ0v) is 17.5. The van der Waals surface area contributed by atoms with Gasteiger partial charge in [-0.05, 0) is 19.0 Å². The molecule has 0 bridgehead atoms. The van der Waals surface area contributed by atoms with Crippen molar-refractivity contribution in [1.29, 1.82) is 0 Å². The van der Waals surface area contributed by atoms with Gasteiger partial charge in [0.1, 0.15) is 12.2 Å². The molecule has 8 nitrogen and oxygen atoms in total. The number of amides is 1. The van der Waals surface area contributed by atoms with Gasteiger partial charge in [-0.1, -0.05) is 77.2 Å². The van der Waals surface area contributed by atoms with E-state index in [0.29, 0.717) is 0 Å². The van der Waals surface area contributed by atoms with Crippen LogP contribution in [-0.2, 0) is 9.59 Å². The molecule has 0 spiro atoms. The van der Waals surface area contributed by atoms with Gasteiger partial charge < -0.3 is 30.8 Å². The van der Waals surface area contributed by atoms with Crippen molar-refractivity contribution in [3.63, 3.8) is 0 Å². The van der Waals surface area contributed by atoms with Crippen LogP contribution in [0.2, 0.25) is 0 Å². The summed E-state index contributed by atoms with van der Waals surface area (Å²) in [5.74, 6) is -2.76. The molecule has 0 saturated heterocycles. The van der Waals surface area contributed by atoms with E-state index in [9.17, 15) is 24.9 Å². The Hall–Kier alpha value is -1.48. The van der Waals surface area contributed by atoms with Crippen LogP contribution in [0, 0.1) is 0 Å². The molecule has 0 saturated carbocycles. The molecule has 4 atom stereocenters. The molecule has 0 aliphatic rings. The number of rotatable bonds is 18. The van der Waals surface area contributed by atoms with Gasteiger partial charge in [-0.25, -0.2) is 4.79 Å². The Bertz CT molecular complexity index is 470. The number of allylic oxidation sites excluding steroid dienone is 1. The van der Waals surface area contributed by atoms with Crippen LogP contribution in [0.15, 0.2) is 12.3 Å². The minimum atomic E-state index is -2.30. The average molecular weight is 418 g/mol. The van der Waals surface area contributed by atoms with E-state index < -0.39 is 36.3 Å². The molecule has 0 fully saturated rings. The second kappa shape index (κ2) is 17.4. The molecule has 29 heavy (non-hydrogen) atoms. The summed E-state index contributed by atoms with van der Waals surface area (Å²) in [7, 11) is 0. The van der Waals surface area contributed by atoms with Crippen LogP contribution >= 0.6 is 0 Å². The molecule has 0 unspecified atom stereocenters. The zero-order valence-electron chi connectivity index (χ0n) is 17.5. The maximum atomic E-state index is 11.7. The van der Waals surface area contributed by atoms with Crippen molar-refractivity contribution in [2.24, 2.45) is 0 Å². The molecule has 0 radical (unpaired) electrons. The van der Waals surface area contributed by atoms with Gasteiger partial charge in [0.25, 0.3) is 5.91 Å². The molecular weight excluding hydrogens is 378 g/mol. The molecule has 170 valence electrons. The smallest absolute Gasteiger partial charge is 0.335 e. The Balaban J connectivity index is 3.76. The molecule has 0 aromatic heterocycles. The van der Waals surface area contributed by atoms with E-state index in [2.05, 4.69) is 12.2 Å². The van der Waals surface area contributed by atoms with Gasteiger partial charge in [0.05, 0.1) is 0 Å². The fraction of sp³-hybridized carbons (Fsp3) is 0.810. The number of carbonyl (C=O) groups is 2. The van der Waals surface area contributed by atoms with Gasteiger partial charge in [0.2, 0.25) is 0 Å². The molecule has 0 heterocycles. The highest BCUT2D eigenvalue weighted by Gasteiger charge is 2.37. The summed E-state index contributed by atoms with van der Waals surface area (Å²) >= 11 is 0. The Morgan fingerprint density at radius 1 is 0.759 bits per heavy atom. The van der Waals surface area contributed by atoms with Gasteiger partial charge in [-0.2, -0.15) is 0 Å². The van der Waals surface area contributed by atoms with Crippen LogP contribution in [0.1, 0.15) is 84.0 Å². The summed E-state index contributed by atoms with van der Waals surface area (Å²) in [6.45, 7) is 2.22. The fourth-order valence-electron chi connectivity index (χ4n) is 2.91. The third-order valence-electron chi connectivity index (χ3n) is 4.84. The number of carbonyl (C=O) groups excluding carboxylic acids is 1. The number of nitrogens with one attached hydrogen (secondary N) is 1. The first-order chi connectivity index (χ1) is 13.8. The van der Waals surface area contributed by atoms with Crippen LogP contribution in [0.5, 0.6) is 0 Å². The van der Waals surface area contributed by atoms with Crippen LogP contribution < -0.4 is 5.32 Å².